The number of benzene rings is 2. The van der Waals surface area contributed by atoms with Gasteiger partial charge >= 0.3 is 6.03 Å². The lowest BCUT2D eigenvalue weighted by Gasteiger charge is -2.30. The number of ether oxygens (including phenoxy) is 2. The number of rotatable bonds is 5. The van der Waals surface area contributed by atoms with Gasteiger partial charge in [0.05, 0.1) is 13.2 Å². The van der Waals surface area contributed by atoms with Crippen LogP contribution in [0.5, 0.6) is 11.5 Å². The van der Waals surface area contributed by atoms with Gasteiger partial charge in [0.2, 0.25) is 0 Å². The van der Waals surface area contributed by atoms with Crippen LogP contribution in [0.3, 0.4) is 0 Å². The monoisotopic (exact) mass is 342 g/mol. The minimum atomic E-state index is -0.835. The van der Waals surface area contributed by atoms with E-state index >= 15 is 0 Å². The first-order valence-electron chi connectivity index (χ1n) is 8.24. The van der Waals surface area contributed by atoms with Crippen molar-refractivity contribution in [3.8, 4) is 11.5 Å². The molecular weight excluding hydrogens is 320 g/mol. The number of amides is 2. The number of fused-ring (bicyclic) bond motifs is 1. The van der Waals surface area contributed by atoms with Crippen LogP contribution in [0.25, 0.3) is 0 Å². The van der Waals surface area contributed by atoms with Gasteiger partial charge in [0.1, 0.15) is 18.1 Å². The van der Waals surface area contributed by atoms with Crippen molar-refractivity contribution in [1.29, 1.82) is 0 Å². The molecule has 3 rings (SSSR count). The van der Waals surface area contributed by atoms with Crippen molar-refractivity contribution < 1.29 is 19.5 Å². The van der Waals surface area contributed by atoms with E-state index < -0.39 is 12.1 Å². The molecule has 1 aliphatic carbocycles. The Kier molecular flexibility index (Phi) is 5.09. The summed E-state index contributed by atoms with van der Waals surface area (Å²) < 4.78 is 11.0. The summed E-state index contributed by atoms with van der Waals surface area (Å²) >= 11 is 0. The number of hydroxylamine groups is 2. The summed E-state index contributed by atoms with van der Waals surface area (Å²) in [6, 6.07) is 12.2. The number of primary amides is 1. The second-order valence-corrected chi connectivity index (χ2v) is 6.09. The summed E-state index contributed by atoms with van der Waals surface area (Å²) in [4.78, 5) is 11.2. The van der Waals surface area contributed by atoms with Gasteiger partial charge in [-0.1, -0.05) is 18.2 Å². The summed E-state index contributed by atoms with van der Waals surface area (Å²) in [7, 11) is 1.64. The Morgan fingerprint density at radius 3 is 2.64 bits per heavy atom. The van der Waals surface area contributed by atoms with Gasteiger partial charge in [-0.05, 0) is 60.2 Å². The van der Waals surface area contributed by atoms with E-state index in [1.807, 2.05) is 42.5 Å². The number of aryl methyl sites for hydroxylation is 1. The van der Waals surface area contributed by atoms with Crippen LogP contribution in [0, 0.1) is 0 Å². The third-order valence-corrected chi connectivity index (χ3v) is 4.48. The van der Waals surface area contributed by atoms with Crippen molar-refractivity contribution in [3.05, 3.63) is 59.2 Å². The van der Waals surface area contributed by atoms with Crippen molar-refractivity contribution in [1.82, 2.24) is 5.06 Å². The van der Waals surface area contributed by atoms with E-state index in [9.17, 15) is 10.0 Å². The normalized spacial score (nSPS) is 16.0. The molecule has 3 N–H and O–H groups in total. The first-order chi connectivity index (χ1) is 12.1. The molecule has 0 bridgehead atoms. The molecule has 25 heavy (non-hydrogen) atoms. The van der Waals surface area contributed by atoms with Crippen molar-refractivity contribution in [2.45, 2.75) is 31.9 Å². The third-order valence-electron chi connectivity index (χ3n) is 4.48. The van der Waals surface area contributed by atoms with Gasteiger partial charge in [-0.25, -0.2) is 4.79 Å². The minimum Gasteiger partial charge on any atom is -0.497 e. The number of carbonyl (C=O) groups is 1. The first-order valence-corrected chi connectivity index (χ1v) is 8.24. The zero-order valence-electron chi connectivity index (χ0n) is 14.1. The number of nitrogens with zero attached hydrogens (tertiary/aromatic N) is 1. The minimum absolute atomic E-state index is 0.392. The molecule has 0 fully saturated rings. The van der Waals surface area contributed by atoms with Crippen LogP contribution in [0.2, 0.25) is 0 Å². The number of hydrogen-bond donors (Lipinski definition) is 2. The van der Waals surface area contributed by atoms with Crippen LogP contribution in [-0.4, -0.2) is 23.4 Å². The van der Waals surface area contributed by atoms with Crippen molar-refractivity contribution in [3.63, 3.8) is 0 Å². The van der Waals surface area contributed by atoms with Gasteiger partial charge in [0, 0.05) is 0 Å². The number of hydrogen-bond acceptors (Lipinski definition) is 4. The molecule has 1 aliphatic rings. The molecule has 0 aromatic heterocycles. The number of carbonyl (C=O) groups excluding carboxylic acids is 1. The first kappa shape index (κ1) is 17.1. The highest BCUT2D eigenvalue weighted by atomic mass is 16.5. The Balaban J connectivity index is 1.71. The third kappa shape index (κ3) is 3.85. The molecule has 0 saturated carbocycles. The molecule has 0 radical (unpaired) electrons. The summed E-state index contributed by atoms with van der Waals surface area (Å²) in [5.74, 6) is 1.57. The SMILES string of the molecule is COc1ccc(COc2ccc3c(c2)CCCC3N(O)C(N)=O)cc1. The topological polar surface area (TPSA) is 85.0 Å². The van der Waals surface area contributed by atoms with Crippen LogP contribution in [0.15, 0.2) is 42.5 Å². The fraction of sp³-hybridized carbons (Fsp3) is 0.316. The maximum Gasteiger partial charge on any atom is 0.339 e. The van der Waals surface area contributed by atoms with E-state index in [1.54, 1.807) is 7.11 Å². The summed E-state index contributed by atoms with van der Waals surface area (Å²) in [5, 5.41) is 10.5. The fourth-order valence-corrected chi connectivity index (χ4v) is 3.15. The molecule has 2 amide bonds. The second-order valence-electron chi connectivity index (χ2n) is 6.09. The lowest BCUT2D eigenvalue weighted by molar-refractivity contribution is -0.0808. The summed E-state index contributed by atoms with van der Waals surface area (Å²) in [6.07, 6.45) is 2.46. The molecule has 0 spiro atoms. The molecule has 6 nitrogen and oxygen atoms in total. The average Bonchev–Trinajstić information content (AvgIpc) is 2.65. The van der Waals surface area contributed by atoms with Gasteiger partial charge in [-0.2, -0.15) is 5.06 Å². The molecule has 132 valence electrons. The molecule has 0 saturated heterocycles. The highest BCUT2D eigenvalue weighted by molar-refractivity contribution is 5.71. The van der Waals surface area contributed by atoms with Crippen LogP contribution in [-0.2, 0) is 13.0 Å². The van der Waals surface area contributed by atoms with E-state index in [-0.39, 0.29) is 0 Å². The summed E-state index contributed by atoms with van der Waals surface area (Å²) in [5.41, 5.74) is 8.23. The quantitative estimate of drug-likeness (QED) is 0.644. The lowest BCUT2D eigenvalue weighted by atomic mass is 9.87. The van der Waals surface area contributed by atoms with Crippen molar-refractivity contribution >= 4 is 6.03 Å². The zero-order chi connectivity index (χ0) is 17.8. The number of nitrogens with two attached hydrogens (primary N) is 1. The van der Waals surface area contributed by atoms with E-state index in [0.29, 0.717) is 18.1 Å². The molecule has 2 aromatic carbocycles. The molecule has 2 aromatic rings. The van der Waals surface area contributed by atoms with Gasteiger partial charge in [-0.15, -0.1) is 0 Å². The zero-order valence-corrected chi connectivity index (χ0v) is 14.1. The number of methoxy groups -OCH3 is 1. The van der Waals surface area contributed by atoms with Crippen LogP contribution < -0.4 is 15.2 Å². The Labute approximate surface area is 146 Å². The lowest BCUT2D eigenvalue weighted by Crippen LogP contribution is -2.37. The predicted molar refractivity (Wildman–Crippen MR) is 92.7 cm³/mol. The van der Waals surface area contributed by atoms with Gasteiger partial charge in [0.25, 0.3) is 0 Å². The smallest absolute Gasteiger partial charge is 0.339 e. The van der Waals surface area contributed by atoms with Crippen molar-refractivity contribution in [2.75, 3.05) is 7.11 Å². The van der Waals surface area contributed by atoms with E-state index in [0.717, 1.165) is 41.0 Å². The van der Waals surface area contributed by atoms with Gasteiger partial charge in [0.15, 0.2) is 0 Å². The largest absolute Gasteiger partial charge is 0.497 e. The average molecular weight is 342 g/mol. The van der Waals surface area contributed by atoms with Crippen LogP contribution >= 0.6 is 0 Å². The Morgan fingerprint density at radius 1 is 1.24 bits per heavy atom. The molecule has 6 heteroatoms. The standard InChI is InChI=1S/C19H22N2O4/c1-24-15-7-5-13(6-8-15)12-25-16-9-10-17-14(11-16)3-2-4-18(17)21(23)19(20)22/h5-11,18,23H,2-4,12H2,1H3,(H2,20,22). The number of urea groups is 1. The second kappa shape index (κ2) is 7.44. The fourth-order valence-electron chi connectivity index (χ4n) is 3.15. The Morgan fingerprint density at radius 2 is 1.96 bits per heavy atom. The summed E-state index contributed by atoms with van der Waals surface area (Å²) in [6.45, 7) is 0.458. The van der Waals surface area contributed by atoms with E-state index in [2.05, 4.69) is 0 Å². The molecule has 0 heterocycles. The highest BCUT2D eigenvalue weighted by Crippen LogP contribution is 2.35. The van der Waals surface area contributed by atoms with Gasteiger partial charge in [-0.3, -0.25) is 5.21 Å². The maximum atomic E-state index is 11.2. The molecular formula is C19H22N2O4. The maximum absolute atomic E-state index is 11.2. The molecule has 0 aliphatic heterocycles. The predicted octanol–water partition coefficient (Wildman–Crippen LogP) is 3.42. The van der Waals surface area contributed by atoms with Crippen LogP contribution in [0.4, 0.5) is 4.79 Å². The molecule has 1 unspecified atom stereocenters. The van der Waals surface area contributed by atoms with E-state index in [4.69, 9.17) is 15.2 Å². The Hall–Kier alpha value is -2.73. The van der Waals surface area contributed by atoms with Gasteiger partial charge < -0.3 is 15.2 Å². The van der Waals surface area contributed by atoms with Crippen LogP contribution in [0.1, 0.15) is 35.6 Å². The molecule has 1 atom stereocenters. The van der Waals surface area contributed by atoms with E-state index in [1.165, 1.54) is 0 Å². The highest BCUT2D eigenvalue weighted by Gasteiger charge is 2.27. The Bertz CT molecular complexity index is 746. The van der Waals surface area contributed by atoms with Crippen molar-refractivity contribution in [2.24, 2.45) is 5.73 Å².